The lowest BCUT2D eigenvalue weighted by Crippen LogP contribution is -2.14. The average molecular weight is 516 g/mol. The van der Waals surface area contributed by atoms with Crippen LogP contribution in [0.15, 0.2) is 30.5 Å². The number of aromatic hydroxyl groups is 3. The maximum atomic E-state index is 13.8. The van der Waals surface area contributed by atoms with E-state index in [2.05, 4.69) is 4.98 Å². The number of phenols is 2. The van der Waals surface area contributed by atoms with Crippen LogP contribution in [-0.4, -0.2) is 39.2 Å². The number of pyridine rings is 1. The summed E-state index contributed by atoms with van der Waals surface area (Å²) in [6.07, 6.45) is 0.161. The molecule has 0 saturated carbocycles. The van der Waals surface area contributed by atoms with Gasteiger partial charge in [0.1, 0.15) is 29.2 Å². The maximum Gasteiger partial charge on any atom is 0.306 e. The highest BCUT2D eigenvalue weighted by atomic mass is 35.5. The van der Waals surface area contributed by atoms with Crippen LogP contribution in [0.1, 0.15) is 69.2 Å². The molecule has 0 spiro atoms. The predicted molar refractivity (Wildman–Crippen MR) is 127 cm³/mol. The number of benzene rings is 2. The van der Waals surface area contributed by atoms with E-state index >= 15 is 0 Å². The van der Waals surface area contributed by atoms with Gasteiger partial charge in [-0.1, -0.05) is 17.7 Å². The number of ether oxygens (including phenoxy) is 2. The minimum absolute atomic E-state index is 0.0562. The first kappa shape index (κ1) is 25.4. The number of phenolic OH excluding ortho intramolecular Hbond substituents is 2. The number of carbonyl (C=O) groups excluding carboxylic acids is 2. The predicted octanol–water partition coefficient (Wildman–Crippen LogP) is 4.82. The van der Waals surface area contributed by atoms with Crippen molar-refractivity contribution in [1.82, 2.24) is 4.98 Å². The molecular formula is C26H23ClFNO7. The molecule has 8 nitrogen and oxygen atoms in total. The van der Waals surface area contributed by atoms with E-state index < -0.39 is 41.1 Å². The third-order valence-corrected chi connectivity index (χ3v) is 6.64. The molecule has 2 heterocycles. The lowest BCUT2D eigenvalue weighted by atomic mass is 9.83. The van der Waals surface area contributed by atoms with Crippen LogP contribution in [0, 0.1) is 12.7 Å². The van der Waals surface area contributed by atoms with Crippen LogP contribution in [0.25, 0.3) is 0 Å². The van der Waals surface area contributed by atoms with Gasteiger partial charge in [0.05, 0.1) is 31.4 Å². The first-order chi connectivity index (χ1) is 17.0. The van der Waals surface area contributed by atoms with E-state index in [0.29, 0.717) is 16.8 Å². The van der Waals surface area contributed by atoms with Gasteiger partial charge in [-0.15, -0.1) is 0 Å². The molecule has 3 N–H and O–H groups in total. The number of hydrogen-bond acceptors (Lipinski definition) is 8. The van der Waals surface area contributed by atoms with Crippen molar-refractivity contribution in [1.29, 1.82) is 0 Å². The van der Waals surface area contributed by atoms with Crippen LogP contribution < -0.4 is 0 Å². The van der Waals surface area contributed by atoms with Gasteiger partial charge in [0, 0.05) is 39.4 Å². The summed E-state index contributed by atoms with van der Waals surface area (Å²) in [6, 6.07) is 4.77. The van der Waals surface area contributed by atoms with Crippen molar-refractivity contribution < 1.29 is 38.8 Å². The minimum atomic E-state index is -1.11. The second kappa shape index (κ2) is 9.75. The highest BCUT2D eigenvalue weighted by Crippen LogP contribution is 2.51. The first-order valence-corrected chi connectivity index (χ1v) is 11.3. The Labute approximate surface area is 210 Å². The van der Waals surface area contributed by atoms with Crippen molar-refractivity contribution in [3.63, 3.8) is 0 Å². The van der Waals surface area contributed by atoms with Gasteiger partial charge in [0.15, 0.2) is 5.78 Å². The molecule has 0 saturated heterocycles. The molecule has 0 radical (unpaired) electrons. The molecule has 1 aliphatic heterocycles. The first-order valence-electron chi connectivity index (χ1n) is 10.9. The van der Waals surface area contributed by atoms with Crippen molar-refractivity contribution >= 4 is 23.4 Å². The second-order valence-electron chi connectivity index (χ2n) is 8.50. The summed E-state index contributed by atoms with van der Waals surface area (Å²) in [5.41, 5.74) is 1.28. The summed E-state index contributed by atoms with van der Waals surface area (Å²) >= 11 is 6.29. The van der Waals surface area contributed by atoms with Crippen LogP contribution in [0.4, 0.5) is 4.39 Å². The van der Waals surface area contributed by atoms with Crippen molar-refractivity contribution in [3.05, 3.63) is 80.4 Å². The number of rotatable bonds is 6. The van der Waals surface area contributed by atoms with Crippen molar-refractivity contribution in [2.45, 2.75) is 38.9 Å². The molecule has 3 aromatic rings. The highest BCUT2D eigenvalue weighted by molar-refractivity contribution is 6.31. The number of esters is 1. The van der Waals surface area contributed by atoms with E-state index in [1.165, 1.54) is 26.2 Å². The summed E-state index contributed by atoms with van der Waals surface area (Å²) in [7, 11) is 1.17. The summed E-state index contributed by atoms with van der Waals surface area (Å²) in [4.78, 5) is 29.0. The highest BCUT2D eigenvalue weighted by Gasteiger charge is 2.36. The SMILES string of the molecule is COC(=O)C[C@H](c1ccc(F)cc1Cl)c1c(O)c(C(C)=O)cc([C@H]2OCc3cnc(C)c(O)c32)c1O. The zero-order valence-corrected chi connectivity index (χ0v) is 20.4. The van der Waals surface area contributed by atoms with Gasteiger partial charge in [-0.25, -0.2) is 4.39 Å². The number of aromatic nitrogens is 1. The van der Waals surface area contributed by atoms with E-state index in [1.807, 2.05) is 0 Å². The lowest BCUT2D eigenvalue weighted by Gasteiger charge is -2.25. The van der Waals surface area contributed by atoms with Gasteiger partial charge in [0.25, 0.3) is 0 Å². The van der Waals surface area contributed by atoms with Crippen LogP contribution in [0.3, 0.4) is 0 Å². The number of aryl methyl sites for hydroxylation is 1. The molecular weight excluding hydrogens is 493 g/mol. The third-order valence-electron chi connectivity index (χ3n) is 6.31. The maximum absolute atomic E-state index is 13.8. The fourth-order valence-electron chi connectivity index (χ4n) is 4.47. The molecule has 10 heteroatoms. The zero-order chi connectivity index (χ0) is 26.3. The van der Waals surface area contributed by atoms with Gasteiger partial charge in [-0.2, -0.15) is 0 Å². The number of halogens is 2. The number of ketones is 1. The molecule has 1 aromatic heterocycles. The number of carbonyl (C=O) groups is 2. The number of Topliss-reactive ketones (excluding diaryl/α,β-unsaturated/α-hetero) is 1. The number of fused-ring (bicyclic) bond motifs is 1. The minimum Gasteiger partial charge on any atom is -0.507 e. The van der Waals surface area contributed by atoms with Crippen LogP contribution in [-0.2, 0) is 20.9 Å². The number of nitrogens with zero attached hydrogens (tertiary/aromatic N) is 1. The van der Waals surface area contributed by atoms with Crippen LogP contribution >= 0.6 is 11.6 Å². The van der Waals surface area contributed by atoms with Gasteiger partial charge in [-0.3, -0.25) is 14.6 Å². The van der Waals surface area contributed by atoms with E-state index in [1.54, 1.807) is 13.1 Å². The lowest BCUT2D eigenvalue weighted by molar-refractivity contribution is -0.140. The monoisotopic (exact) mass is 515 g/mol. The molecule has 0 amide bonds. The Morgan fingerprint density at radius 3 is 2.58 bits per heavy atom. The molecule has 188 valence electrons. The molecule has 0 unspecified atom stereocenters. The normalized spacial score (nSPS) is 15.4. The Hall–Kier alpha value is -3.69. The topological polar surface area (TPSA) is 126 Å². The van der Waals surface area contributed by atoms with E-state index in [4.69, 9.17) is 21.1 Å². The molecule has 1 aliphatic rings. The molecule has 0 fully saturated rings. The fraction of sp³-hybridized carbons (Fsp3) is 0.269. The largest absolute Gasteiger partial charge is 0.507 e. The standard InChI is InChI=1S/C26H23ClFNO7/c1-11-23(32)21-13(9-29-11)10-36-26(21)18-7-16(12(2)30)24(33)22(25(18)34)17(8-20(31)35-3)15-5-4-14(28)6-19(15)27/h4-7,9,17,26,32-34H,8,10H2,1-3H3/t17-,26-/m1/s1. The van der Waals surface area contributed by atoms with Gasteiger partial charge >= 0.3 is 5.97 Å². The Morgan fingerprint density at radius 1 is 1.22 bits per heavy atom. The van der Waals surface area contributed by atoms with E-state index in [0.717, 1.165) is 12.1 Å². The Morgan fingerprint density at radius 2 is 1.94 bits per heavy atom. The molecule has 4 rings (SSSR count). The third kappa shape index (κ3) is 4.36. The quantitative estimate of drug-likeness (QED) is 0.315. The van der Waals surface area contributed by atoms with Crippen molar-refractivity contribution in [2.75, 3.05) is 7.11 Å². The fourth-order valence-corrected chi connectivity index (χ4v) is 4.77. The summed E-state index contributed by atoms with van der Waals surface area (Å²) in [5.74, 6) is -4.12. The number of hydrogen-bond donors (Lipinski definition) is 3. The molecule has 0 bridgehead atoms. The van der Waals surface area contributed by atoms with Crippen LogP contribution in [0.5, 0.6) is 17.2 Å². The van der Waals surface area contributed by atoms with E-state index in [-0.39, 0.29) is 46.1 Å². The second-order valence-corrected chi connectivity index (χ2v) is 8.91. The Kier molecular flexibility index (Phi) is 6.88. The molecule has 36 heavy (non-hydrogen) atoms. The molecule has 0 aliphatic carbocycles. The smallest absolute Gasteiger partial charge is 0.306 e. The average Bonchev–Trinajstić information content (AvgIpc) is 3.25. The Balaban J connectivity index is 2.00. The summed E-state index contributed by atoms with van der Waals surface area (Å²) < 4.78 is 24.4. The van der Waals surface area contributed by atoms with Crippen molar-refractivity contribution in [3.8, 4) is 17.2 Å². The molecule has 2 aromatic carbocycles. The number of methoxy groups -OCH3 is 1. The van der Waals surface area contributed by atoms with Gasteiger partial charge < -0.3 is 24.8 Å². The zero-order valence-electron chi connectivity index (χ0n) is 19.6. The van der Waals surface area contributed by atoms with E-state index in [9.17, 15) is 29.3 Å². The van der Waals surface area contributed by atoms with Crippen LogP contribution in [0.2, 0.25) is 5.02 Å². The van der Waals surface area contributed by atoms with Gasteiger partial charge in [-0.05, 0) is 37.6 Å². The van der Waals surface area contributed by atoms with Gasteiger partial charge in [0.2, 0.25) is 0 Å². The Bertz CT molecular complexity index is 1390. The summed E-state index contributed by atoms with van der Waals surface area (Å²) in [6.45, 7) is 2.92. The molecule has 2 atom stereocenters. The summed E-state index contributed by atoms with van der Waals surface area (Å²) in [5, 5.41) is 33.2. The van der Waals surface area contributed by atoms with Crippen molar-refractivity contribution in [2.24, 2.45) is 0 Å².